The molecule has 1 heterocycles. The molecule has 1 N–H and O–H groups in total. The van der Waals surface area contributed by atoms with Crippen molar-refractivity contribution in [2.75, 3.05) is 13.1 Å². The number of carboxylic acid groups (broad SMARTS) is 1. The molecule has 0 bridgehead atoms. The molecule has 1 saturated heterocycles. The second-order valence-corrected chi connectivity index (χ2v) is 5.30. The molecule has 0 unspecified atom stereocenters. The molecule has 1 fully saturated rings. The third-order valence-electron chi connectivity index (χ3n) is 3.78. The number of amides is 1. The van der Waals surface area contributed by atoms with Gasteiger partial charge in [-0.05, 0) is 43.4 Å². The van der Waals surface area contributed by atoms with E-state index < -0.39 is 5.97 Å². The largest absolute Gasteiger partial charge is 0.481 e. The van der Waals surface area contributed by atoms with E-state index in [1.54, 1.807) is 24.0 Å². The minimum Gasteiger partial charge on any atom is -0.481 e. The first-order valence-corrected chi connectivity index (χ1v) is 6.74. The van der Waals surface area contributed by atoms with Crippen molar-refractivity contribution in [1.82, 2.24) is 4.90 Å². The minimum absolute atomic E-state index is 0.131. The average molecular weight is 279 g/mol. The number of carbonyl (C=O) groups is 2. The van der Waals surface area contributed by atoms with Gasteiger partial charge in [0.05, 0.1) is 0 Å². The molecule has 4 nitrogen and oxygen atoms in total. The quantitative estimate of drug-likeness (QED) is 0.924. The molecule has 0 spiro atoms. The van der Waals surface area contributed by atoms with Crippen molar-refractivity contribution in [3.63, 3.8) is 0 Å². The lowest BCUT2D eigenvalue weighted by atomic mass is 9.93. The second-order valence-electron chi connectivity index (χ2n) is 5.30. The summed E-state index contributed by atoms with van der Waals surface area (Å²) in [6.45, 7) is 2.72. The standard InChI is InChI=1S/C15H18FNO3/c1-10-2-3-12(9-13(10)16)15(20)17-6-4-11(5-7-17)8-14(18)19/h2-3,9,11H,4-8H2,1H3,(H,18,19). The van der Waals surface area contributed by atoms with Crippen LogP contribution in [0.5, 0.6) is 0 Å². The molecule has 0 saturated carbocycles. The van der Waals surface area contributed by atoms with Crippen LogP contribution in [0.3, 0.4) is 0 Å². The van der Waals surface area contributed by atoms with Crippen LogP contribution in [0, 0.1) is 18.7 Å². The molecule has 2 rings (SSSR count). The van der Waals surface area contributed by atoms with E-state index in [9.17, 15) is 14.0 Å². The van der Waals surface area contributed by atoms with Crippen LogP contribution >= 0.6 is 0 Å². The van der Waals surface area contributed by atoms with E-state index in [1.165, 1.54) is 6.07 Å². The Labute approximate surface area is 117 Å². The predicted octanol–water partition coefficient (Wildman–Crippen LogP) is 2.46. The maximum atomic E-state index is 13.5. The van der Waals surface area contributed by atoms with Gasteiger partial charge in [-0.2, -0.15) is 0 Å². The Morgan fingerprint density at radius 2 is 2.00 bits per heavy atom. The number of likely N-dealkylation sites (tertiary alicyclic amines) is 1. The number of piperidine rings is 1. The van der Waals surface area contributed by atoms with Crippen LogP contribution in [0.1, 0.15) is 35.2 Å². The van der Waals surface area contributed by atoms with Crippen LogP contribution in [-0.4, -0.2) is 35.0 Å². The molecule has 0 aliphatic carbocycles. The number of rotatable bonds is 3. The number of aryl methyl sites for hydroxylation is 1. The molecule has 1 aromatic carbocycles. The van der Waals surface area contributed by atoms with Crippen molar-refractivity contribution >= 4 is 11.9 Å². The summed E-state index contributed by atoms with van der Waals surface area (Å²) in [6, 6.07) is 4.49. The predicted molar refractivity (Wildman–Crippen MR) is 72.0 cm³/mol. The summed E-state index contributed by atoms with van der Waals surface area (Å²) >= 11 is 0. The number of hydrogen-bond donors (Lipinski definition) is 1. The van der Waals surface area contributed by atoms with Crippen LogP contribution in [0.4, 0.5) is 4.39 Å². The van der Waals surface area contributed by atoms with Gasteiger partial charge in [0, 0.05) is 25.1 Å². The van der Waals surface area contributed by atoms with E-state index in [2.05, 4.69) is 0 Å². The highest BCUT2D eigenvalue weighted by molar-refractivity contribution is 5.94. The van der Waals surface area contributed by atoms with Gasteiger partial charge in [0.15, 0.2) is 0 Å². The maximum Gasteiger partial charge on any atom is 0.303 e. The van der Waals surface area contributed by atoms with Crippen LogP contribution in [0.25, 0.3) is 0 Å². The van der Waals surface area contributed by atoms with E-state index in [-0.39, 0.29) is 24.1 Å². The Morgan fingerprint density at radius 1 is 1.35 bits per heavy atom. The number of carbonyl (C=O) groups excluding carboxylic acids is 1. The fourth-order valence-corrected chi connectivity index (χ4v) is 2.50. The molecule has 0 aromatic heterocycles. The third kappa shape index (κ3) is 3.35. The summed E-state index contributed by atoms with van der Waals surface area (Å²) in [5.74, 6) is -1.23. The van der Waals surface area contributed by atoms with Gasteiger partial charge in [-0.3, -0.25) is 9.59 Å². The molecule has 5 heteroatoms. The number of carboxylic acids is 1. The molecule has 1 aromatic rings. The van der Waals surface area contributed by atoms with Crippen LogP contribution < -0.4 is 0 Å². The Bertz CT molecular complexity index is 522. The van der Waals surface area contributed by atoms with E-state index in [1.807, 2.05) is 0 Å². The van der Waals surface area contributed by atoms with Gasteiger partial charge >= 0.3 is 5.97 Å². The summed E-state index contributed by atoms with van der Waals surface area (Å²) in [5, 5.41) is 8.75. The van der Waals surface area contributed by atoms with Crippen LogP contribution in [-0.2, 0) is 4.79 Å². The third-order valence-corrected chi connectivity index (χ3v) is 3.78. The summed E-state index contributed by atoms with van der Waals surface area (Å²) in [4.78, 5) is 24.6. The lowest BCUT2D eigenvalue weighted by Gasteiger charge is -2.31. The fourth-order valence-electron chi connectivity index (χ4n) is 2.50. The zero-order valence-electron chi connectivity index (χ0n) is 11.4. The average Bonchev–Trinajstić information content (AvgIpc) is 2.41. The van der Waals surface area contributed by atoms with Crippen molar-refractivity contribution < 1.29 is 19.1 Å². The van der Waals surface area contributed by atoms with Crippen molar-refractivity contribution in [3.05, 3.63) is 35.1 Å². The number of aliphatic carboxylic acids is 1. The lowest BCUT2D eigenvalue weighted by molar-refractivity contribution is -0.138. The normalized spacial score (nSPS) is 16.2. The minimum atomic E-state index is -0.796. The summed E-state index contributed by atoms with van der Waals surface area (Å²) in [7, 11) is 0. The first-order chi connectivity index (χ1) is 9.47. The van der Waals surface area contributed by atoms with E-state index >= 15 is 0 Å². The molecule has 20 heavy (non-hydrogen) atoms. The number of hydrogen-bond acceptors (Lipinski definition) is 2. The first kappa shape index (κ1) is 14.5. The van der Waals surface area contributed by atoms with Gasteiger partial charge in [-0.15, -0.1) is 0 Å². The van der Waals surface area contributed by atoms with Gasteiger partial charge in [-0.25, -0.2) is 4.39 Å². The molecule has 0 atom stereocenters. The molecule has 1 aliphatic rings. The molecular formula is C15H18FNO3. The highest BCUT2D eigenvalue weighted by Crippen LogP contribution is 2.22. The second kappa shape index (κ2) is 6.03. The Morgan fingerprint density at radius 3 is 2.55 bits per heavy atom. The van der Waals surface area contributed by atoms with Crippen molar-refractivity contribution in [1.29, 1.82) is 0 Å². The number of nitrogens with zero attached hydrogens (tertiary/aromatic N) is 1. The highest BCUT2D eigenvalue weighted by Gasteiger charge is 2.25. The van der Waals surface area contributed by atoms with Crippen molar-refractivity contribution in [2.24, 2.45) is 5.92 Å². The Hall–Kier alpha value is -1.91. The lowest BCUT2D eigenvalue weighted by Crippen LogP contribution is -2.38. The van der Waals surface area contributed by atoms with Crippen molar-refractivity contribution in [3.8, 4) is 0 Å². The number of benzene rings is 1. The molecule has 1 amide bonds. The van der Waals surface area contributed by atoms with Crippen molar-refractivity contribution in [2.45, 2.75) is 26.2 Å². The Balaban J connectivity index is 1.97. The summed E-state index contributed by atoms with van der Waals surface area (Å²) in [5.41, 5.74) is 0.867. The van der Waals surface area contributed by atoms with E-state index in [4.69, 9.17) is 5.11 Å². The van der Waals surface area contributed by atoms with Gasteiger partial charge in [-0.1, -0.05) is 6.07 Å². The highest BCUT2D eigenvalue weighted by atomic mass is 19.1. The van der Waals surface area contributed by atoms with Crippen LogP contribution in [0.2, 0.25) is 0 Å². The van der Waals surface area contributed by atoms with Gasteiger partial charge in [0.2, 0.25) is 0 Å². The summed E-state index contributed by atoms with van der Waals surface area (Å²) < 4.78 is 13.5. The monoisotopic (exact) mass is 279 g/mol. The van der Waals surface area contributed by atoms with E-state index in [0.29, 0.717) is 37.1 Å². The molecule has 108 valence electrons. The zero-order chi connectivity index (χ0) is 14.7. The topological polar surface area (TPSA) is 57.6 Å². The molecule has 0 radical (unpaired) electrons. The van der Waals surface area contributed by atoms with Gasteiger partial charge in [0.25, 0.3) is 5.91 Å². The first-order valence-electron chi connectivity index (χ1n) is 6.74. The molecular weight excluding hydrogens is 261 g/mol. The van der Waals surface area contributed by atoms with Crippen LogP contribution in [0.15, 0.2) is 18.2 Å². The van der Waals surface area contributed by atoms with Gasteiger partial charge in [0.1, 0.15) is 5.82 Å². The zero-order valence-corrected chi connectivity index (χ0v) is 11.4. The van der Waals surface area contributed by atoms with Gasteiger partial charge < -0.3 is 10.0 Å². The molecule has 1 aliphatic heterocycles. The fraction of sp³-hybridized carbons (Fsp3) is 0.467. The maximum absolute atomic E-state index is 13.5. The smallest absolute Gasteiger partial charge is 0.303 e. The SMILES string of the molecule is Cc1ccc(C(=O)N2CCC(CC(=O)O)CC2)cc1F. The number of halogens is 1. The summed E-state index contributed by atoms with van der Waals surface area (Å²) in [6.07, 6.45) is 1.53. The Kier molecular flexibility index (Phi) is 4.37. The van der Waals surface area contributed by atoms with E-state index in [0.717, 1.165) is 0 Å².